The Bertz CT molecular complexity index is 921. The van der Waals surface area contributed by atoms with Gasteiger partial charge in [0.25, 0.3) is 5.91 Å². The number of ether oxygens (including phenoxy) is 2. The van der Waals surface area contributed by atoms with Gasteiger partial charge >= 0.3 is 0 Å². The van der Waals surface area contributed by atoms with Crippen LogP contribution in [0, 0.1) is 0 Å². The molecule has 1 aliphatic heterocycles. The minimum Gasteiger partial charge on any atom is -0.493 e. The van der Waals surface area contributed by atoms with Crippen LogP contribution in [0.1, 0.15) is 10.4 Å². The van der Waals surface area contributed by atoms with Gasteiger partial charge in [0.15, 0.2) is 21.3 Å². The maximum absolute atomic E-state index is 12.6. The van der Waals surface area contributed by atoms with Crippen LogP contribution in [-0.4, -0.2) is 51.8 Å². The van der Waals surface area contributed by atoms with E-state index in [0.717, 1.165) is 0 Å². The lowest BCUT2D eigenvalue weighted by Crippen LogP contribution is -2.56. The van der Waals surface area contributed by atoms with Crippen LogP contribution in [0.25, 0.3) is 0 Å². The van der Waals surface area contributed by atoms with Crippen molar-refractivity contribution in [2.24, 2.45) is 0 Å². The second-order valence-corrected chi connectivity index (χ2v) is 8.57. The molecule has 2 aromatic rings. The van der Waals surface area contributed by atoms with E-state index < -0.39 is 15.1 Å². The Hall–Kier alpha value is -2.25. The SMILES string of the molecule is COc1ccc(C(=O)N2CC(S(=O)(=O)c3ccc(Cl)cc3)C2)cc1OC. The minimum absolute atomic E-state index is 0.151. The molecule has 0 aliphatic carbocycles. The number of carbonyl (C=O) groups excluding carboxylic acids is 1. The van der Waals surface area contributed by atoms with Crippen LogP contribution in [0.15, 0.2) is 47.4 Å². The highest BCUT2D eigenvalue weighted by Crippen LogP contribution is 2.30. The molecule has 0 saturated carbocycles. The van der Waals surface area contributed by atoms with Crippen molar-refractivity contribution in [1.82, 2.24) is 4.90 Å². The van der Waals surface area contributed by atoms with Crippen LogP contribution in [0.3, 0.4) is 0 Å². The molecule has 0 bridgehead atoms. The van der Waals surface area contributed by atoms with Crippen molar-refractivity contribution in [3.05, 3.63) is 53.1 Å². The van der Waals surface area contributed by atoms with Crippen LogP contribution < -0.4 is 9.47 Å². The fourth-order valence-electron chi connectivity index (χ4n) is 2.77. The Balaban J connectivity index is 1.71. The van der Waals surface area contributed by atoms with Crippen LogP contribution >= 0.6 is 11.6 Å². The Morgan fingerprint density at radius 2 is 1.65 bits per heavy atom. The Labute approximate surface area is 157 Å². The molecule has 0 aromatic heterocycles. The first-order valence-electron chi connectivity index (χ1n) is 7.87. The molecule has 0 atom stereocenters. The number of sulfone groups is 1. The molecule has 1 saturated heterocycles. The number of likely N-dealkylation sites (tertiary alicyclic amines) is 1. The van der Waals surface area contributed by atoms with Gasteiger partial charge < -0.3 is 14.4 Å². The molecule has 0 radical (unpaired) electrons. The molecule has 1 amide bonds. The number of nitrogens with zero attached hydrogens (tertiary/aromatic N) is 1. The molecule has 0 N–H and O–H groups in total. The van der Waals surface area contributed by atoms with Gasteiger partial charge in [-0.2, -0.15) is 0 Å². The molecule has 138 valence electrons. The summed E-state index contributed by atoms with van der Waals surface area (Å²) in [6.07, 6.45) is 0. The van der Waals surface area contributed by atoms with Gasteiger partial charge in [-0.1, -0.05) is 11.6 Å². The predicted octanol–water partition coefficient (Wildman–Crippen LogP) is 2.66. The summed E-state index contributed by atoms with van der Waals surface area (Å²) in [4.78, 5) is 14.3. The summed E-state index contributed by atoms with van der Waals surface area (Å²) >= 11 is 5.80. The standard InChI is InChI=1S/C18H18ClNO5S/c1-24-16-8-3-12(9-17(16)25-2)18(21)20-10-15(11-20)26(22,23)14-6-4-13(19)5-7-14/h3-9,15H,10-11H2,1-2H3. The van der Waals surface area contributed by atoms with Gasteiger partial charge in [-0.15, -0.1) is 0 Å². The van der Waals surface area contributed by atoms with E-state index in [9.17, 15) is 13.2 Å². The topological polar surface area (TPSA) is 72.9 Å². The summed E-state index contributed by atoms with van der Waals surface area (Å²) in [6, 6.07) is 10.9. The van der Waals surface area contributed by atoms with E-state index in [1.54, 1.807) is 30.3 Å². The first-order valence-corrected chi connectivity index (χ1v) is 9.80. The third-order valence-corrected chi connectivity index (χ3v) is 6.70. The summed E-state index contributed by atoms with van der Waals surface area (Å²) in [5, 5.41) is -0.143. The highest BCUT2D eigenvalue weighted by molar-refractivity contribution is 7.92. The zero-order chi connectivity index (χ0) is 18.9. The average Bonchev–Trinajstić information content (AvgIpc) is 2.59. The lowest BCUT2D eigenvalue weighted by Gasteiger charge is -2.38. The van der Waals surface area contributed by atoms with Crippen molar-refractivity contribution in [2.45, 2.75) is 10.1 Å². The van der Waals surface area contributed by atoms with Crippen LogP contribution in [-0.2, 0) is 9.84 Å². The van der Waals surface area contributed by atoms with Crippen LogP contribution in [0.2, 0.25) is 5.02 Å². The number of amides is 1. The first kappa shape index (κ1) is 18.5. The molecular weight excluding hydrogens is 378 g/mol. The van der Waals surface area contributed by atoms with Crippen LogP contribution in [0.5, 0.6) is 11.5 Å². The smallest absolute Gasteiger partial charge is 0.254 e. The summed E-state index contributed by atoms with van der Waals surface area (Å²) in [7, 11) is -0.483. The second-order valence-electron chi connectivity index (χ2n) is 5.90. The largest absolute Gasteiger partial charge is 0.493 e. The zero-order valence-electron chi connectivity index (χ0n) is 14.3. The number of rotatable bonds is 5. The molecule has 2 aromatic carbocycles. The number of hydrogen-bond acceptors (Lipinski definition) is 5. The number of hydrogen-bond donors (Lipinski definition) is 0. The van der Waals surface area contributed by atoms with Gasteiger partial charge in [0, 0.05) is 23.7 Å². The highest BCUT2D eigenvalue weighted by Gasteiger charge is 2.40. The summed E-state index contributed by atoms with van der Waals surface area (Å²) in [5.41, 5.74) is 0.421. The number of benzene rings is 2. The highest BCUT2D eigenvalue weighted by atomic mass is 35.5. The lowest BCUT2D eigenvalue weighted by atomic mass is 10.1. The molecule has 1 fully saturated rings. The van der Waals surface area contributed by atoms with Crippen molar-refractivity contribution in [1.29, 1.82) is 0 Å². The van der Waals surface area contributed by atoms with Crippen molar-refractivity contribution < 1.29 is 22.7 Å². The molecule has 1 aliphatic rings. The molecule has 0 spiro atoms. The van der Waals surface area contributed by atoms with Gasteiger partial charge in [0.05, 0.1) is 19.1 Å². The molecule has 3 rings (SSSR count). The van der Waals surface area contributed by atoms with Crippen molar-refractivity contribution in [3.8, 4) is 11.5 Å². The number of halogens is 1. The molecule has 1 heterocycles. The van der Waals surface area contributed by atoms with E-state index in [1.807, 2.05) is 0 Å². The predicted molar refractivity (Wildman–Crippen MR) is 97.9 cm³/mol. The summed E-state index contributed by atoms with van der Waals surface area (Å²) < 4.78 is 35.5. The van der Waals surface area contributed by atoms with Crippen molar-refractivity contribution in [3.63, 3.8) is 0 Å². The average molecular weight is 396 g/mol. The van der Waals surface area contributed by atoms with Crippen molar-refractivity contribution >= 4 is 27.3 Å². The number of methoxy groups -OCH3 is 2. The van der Waals surface area contributed by atoms with E-state index in [0.29, 0.717) is 22.1 Å². The Morgan fingerprint density at radius 1 is 1.04 bits per heavy atom. The van der Waals surface area contributed by atoms with E-state index in [4.69, 9.17) is 21.1 Å². The van der Waals surface area contributed by atoms with E-state index in [-0.39, 0.29) is 23.9 Å². The van der Waals surface area contributed by atoms with Gasteiger partial charge in [0.2, 0.25) is 0 Å². The normalized spacial score (nSPS) is 14.7. The van der Waals surface area contributed by atoms with Crippen LogP contribution in [0.4, 0.5) is 0 Å². The van der Waals surface area contributed by atoms with E-state index in [1.165, 1.54) is 31.3 Å². The lowest BCUT2D eigenvalue weighted by molar-refractivity contribution is 0.0658. The molecular formula is C18H18ClNO5S. The summed E-state index contributed by atoms with van der Waals surface area (Å²) in [5.74, 6) is 0.730. The first-order chi connectivity index (χ1) is 12.4. The van der Waals surface area contributed by atoms with Crippen molar-refractivity contribution in [2.75, 3.05) is 27.3 Å². The third kappa shape index (κ3) is 3.37. The monoisotopic (exact) mass is 395 g/mol. The number of carbonyl (C=O) groups is 1. The third-order valence-electron chi connectivity index (χ3n) is 4.35. The second kappa shape index (κ2) is 7.17. The molecule has 26 heavy (non-hydrogen) atoms. The Morgan fingerprint density at radius 3 is 2.23 bits per heavy atom. The maximum Gasteiger partial charge on any atom is 0.254 e. The van der Waals surface area contributed by atoms with E-state index >= 15 is 0 Å². The van der Waals surface area contributed by atoms with Gasteiger partial charge in [0.1, 0.15) is 5.25 Å². The van der Waals surface area contributed by atoms with E-state index in [2.05, 4.69) is 0 Å². The molecule has 8 heteroatoms. The van der Waals surface area contributed by atoms with Gasteiger partial charge in [-0.25, -0.2) is 8.42 Å². The molecule has 0 unspecified atom stereocenters. The zero-order valence-corrected chi connectivity index (χ0v) is 15.9. The van der Waals surface area contributed by atoms with Gasteiger partial charge in [-0.05, 0) is 42.5 Å². The minimum atomic E-state index is -3.49. The van der Waals surface area contributed by atoms with Gasteiger partial charge in [-0.3, -0.25) is 4.79 Å². The quantitative estimate of drug-likeness (QED) is 0.778. The Kier molecular flexibility index (Phi) is 5.11. The molecule has 6 nitrogen and oxygen atoms in total. The fraction of sp³-hybridized carbons (Fsp3) is 0.278. The summed E-state index contributed by atoms with van der Waals surface area (Å²) in [6.45, 7) is 0.302. The maximum atomic E-state index is 12.6. The fourth-order valence-corrected chi connectivity index (χ4v) is 4.55.